The molecule has 0 atom stereocenters. The summed E-state index contributed by atoms with van der Waals surface area (Å²) in [4.78, 5) is 25.7. The van der Waals surface area contributed by atoms with Crippen molar-refractivity contribution in [3.05, 3.63) is 0 Å². The van der Waals surface area contributed by atoms with Gasteiger partial charge in [-0.2, -0.15) is 0 Å². The second-order valence-electron chi connectivity index (χ2n) is 12.0. The molecule has 0 aromatic carbocycles. The van der Waals surface area contributed by atoms with Crippen LogP contribution in [0, 0.1) is 22.7 Å². The molecule has 2 heterocycles. The minimum atomic E-state index is -0.427. The fourth-order valence-corrected chi connectivity index (χ4v) is 7.49. The van der Waals surface area contributed by atoms with Crippen LogP contribution in [0.4, 0.5) is 0 Å². The fraction of sp³-hybridized carbons (Fsp3) is 0.923. The Bertz CT molecular complexity index is 654. The lowest BCUT2D eigenvalue weighted by Gasteiger charge is -2.60. The van der Waals surface area contributed by atoms with E-state index in [-0.39, 0.29) is 22.8 Å². The van der Waals surface area contributed by atoms with Crippen molar-refractivity contribution < 1.29 is 28.5 Å². The van der Waals surface area contributed by atoms with Crippen LogP contribution in [0.3, 0.4) is 0 Å². The van der Waals surface area contributed by atoms with E-state index < -0.39 is 11.2 Å². The summed E-state index contributed by atoms with van der Waals surface area (Å²) < 4.78 is 23.3. The van der Waals surface area contributed by atoms with Crippen LogP contribution < -0.4 is 0 Å². The molecule has 6 nitrogen and oxygen atoms in total. The molecule has 0 amide bonds. The van der Waals surface area contributed by atoms with Gasteiger partial charge in [0.2, 0.25) is 0 Å². The number of ether oxygens (including phenoxy) is 4. The molecule has 0 aromatic rings. The number of carbonyl (C=O) groups is 2. The molecule has 0 unspecified atom stereocenters. The molecule has 4 bridgehead atoms. The average molecular weight is 449 g/mol. The Kier molecular flexibility index (Phi) is 5.85. The minimum absolute atomic E-state index is 0.0805. The van der Waals surface area contributed by atoms with Crippen LogP contribution in [-0.2, 0) is 28.5 Å². The van der Waals surface area contributed by atoms with Gasteiger partial charge in [0.05, 0.1) is 26.4 Å². The molecule has 2 aliphatic heterocycles. The second-order valence-corrected chi connectivity index (χ2v) is 12.0. The quantitative estimate of drug-likeness (QED) is 0.456. The van der Waals surface area contributed by atoms with Gasteiger partial charge in [-0.15, -0.1) is 0 Å². The molecule has 180 valence electrons. The fourth-order valence-electron chi connectivity index (χ4n) is 7.49. The third-order valence-corrected chi connectivity index (χ3v) is 9.47. The number of hydrogen-bond acceptors (Lipinski definition) is 6. The summed E-state index contributed by atoms with van der Waals surface area (Å²) in [6, 6.07) is 0. The maximum Gasteiger partial charge on any atom is 0.306 e. The van der Waals surface area contributed by atoms with Crippen LogP contribution >= 0.6 is 0 Å². The van der Waals surface area contributed by atoms with Crippen molar-refractivity contribution >= 4 is 11.9 Å². The molecule has 0 radical (unpaired) electrons. The van der Waals surface area contributed by atoms with Crippen molar-refractivity contribution in [2.45, 2.75) is 102 Å². The van der Waals surface area contributed by atoms with E-state index in [2.05, 4.69) is 13.8 Å². The minimum Gasteiger partial charge on any atom is -0.459 e. The lowest BCUT2D eigenvalue weighted by Crippen LogP contribution is -2.61. The Morgan fingerprint density at radius 3 is 1.47 bits per heavy atom. The summed E-state index contributed by atoms with van der Waals surface area (Å²) in [5.74, 6) is 0.841. The maximum atomic E-state index is 12.9. The lowest BCUT2D eigenvalue weighted by molar-refractivity contribution is -0.232. The highest BCUT2D eigenvalue weighted by Crippen LogP contribution is 2.60. The highest BCUT2D eigenvalue weighted by atomic mass is 16.6. The Labute approximate surface area is 192 Å². The summed E-state index contributed by atoms with van der Waals surface area (Å²) in [7, 11) is 0. The highest BCUT2D eigenvalue weighted by Gasteiger charge is 2.61. The first kappa shape index (κ1) is 22.6. The Morgan fingerprint density at radius 1 is 0.750 bits per heavy atom. The summed E-state index contributed by atoms with van der Waals surface area (Å²) in [5, 5.41) is 0. The molecule has 32 heavy (non-hydrogen) atoms. The van der Waals surface area contributed by atoms with Crippen molar-refractivity contribution in [1.82, 2.24) is 0 Å². The summed E-state index contributed by atoms with van der Waals surface area (Å²) in [6.45, 7) is 7.39. The number of hydrogen-bond donors (Lipinski definition) is 0. The molecule has 4 aliphatic carbocycles. The summed E-state index contributed by atoms with van der Waals surface area (Å²) in [6.07, 6.45) is 10.3. The molecule has 6 aliphatic rings. The predicted octanol–water partition coefficient (Wildman–Crippen LogP) is 4.58. The standard InChI is InChI=1S/C26H40O6/c1-3-23(15-29-16-23)7-5-21(27)31-25-10-19-9-20(11-25)13-26(12-19,14-25)32-22(28)6-8-24(4-2)17-30-18-24/h19-20H,3-18H2,1-2H3. The normalized spacial score (nSPS) is 37.9. The van der Waals surface area contributed by atoms with Gasteiger partial charge in [-0.05, 0) is 69.6 Å². The Morgan fingerprint density at radius 2 is 1.16 bits per heavy atom. The molecule has 0 aromatic heterocycles. The van der Waals surface area contributed by atoms with Crippen molar-refractivity contribution in [2.24, 2.45) is 22.7 Å². The average Bonchev–Trinajstić information content (AvgIpc) is 2.65. The SMILES string of the molecule is CCC1(CCC(=O)OC23CC4CC(C2)CC(OC(=O)CCC2(CC)COC2)(C4)C3)COC1. The van der Waals surface area contributed by atoms with E-state index in [0.29, 0.717) is 31.1 Å². The first-order valence-electron chi connectivity index (χ1n) is 12.9. The van der Waals surface area contributed by atoms with Crippen LogP contribution in [0.25, 0.3) is 0 Å². The monoisotopic (exact) mass is 448 g/mol. The van der Waals surface area contributed by atoms with E-state index in [9.17, 15) is 9.59 Å². The number of rotatable bonds is 10. The first-order chi connectivity index (χ1) is 15.3. The van der Waals surface area contributed by atoms with Crippen molar-refractivity contribution in [3.8, 4) is 0 Å². The van der Waals surface area contributed by atoms with E-state index in [4.69, 9.17) is 18.9 Å². The van der Waals surface area contributed by atoms with Gasteiger partial charge in [0.25, 0.3) is 0 Å². The largest absolute Gasteiger partial charge is 0.459 e. The van der Waals surface area contributed by atoms with E-state index in [1.54, 1.807) is 0 Å². The molecule has 6 heteroatoms. The molecule has 4 saturated carbocycles. The van der Waals surface area contributed by atoms with Gasteiger partial charge in [-0.3, -0.25) is 9.59 Å². The van der Waals surface area contributed by atoms with Crippen LogP contribution in [0.5, 0.6) is 0 Å². The van der Waals surface area contributed by atoms with Crippen LogP contribution in [0.2, 0.25) is 0 Å². The Balaban J connectivity index is 1.19. The van der Waals surface area contributed by atoms with E-state index >= 15 is 0 Å². The van der Waals surface area contributed by atoms with Gasteiger partial charge in [-0.1, -0.05) is 13.8 Å². The van der Waals surface area contributed by atoms with Gasteiger partial charge in [0.15, 0.2) is 0 Å². The first-order valence-corrected chi connectivity index (χ1v) is 12.9. The third kappa shape index (κ3) is 4.22. The molecular weight excluding hydrogens is 408 g/mol. The van der Waals surface area contributed by atoms with Gasteiger partial charge in [0, 0.05) is 30.1 Å². The van der Waals surface area contributed by atoms with E-state index in [1.807, 2.05) is 0 Å². The second kappa shape index (κ2) is 8.26. The molecule has 6 rings (SSSR count). The molecule has 6 fully saturated rings. The van der Waals surface area contributed by atoms with Crippen LogP contribution in [0.15, 0.2) is 0 Å². The molecular formula is C26H40O6. The predicted molar refractivity (Wildman–Crippen MR) is 118 cm³/mol. The maximum absolute atomic E-state index is 12.9. The zero-order valence-electron chi connectivity index (χ0n) is 19.9. The number of esters is 2. The van der Waals surface area contributed by atoms with Crippen molar-refractivity contribution in [1.29, 1.82) is 0 Å². The number of carbonyl (C=O) groups excluding carboxylic acids is 2. The van der Waals surface area contributed by atoms with Crippen molar-refractivity contribution in [3.63, 3.8) is 0 Å². The lowest BCUT2D eigenvalue weighted by atomic mass is 9.52. The van der Waals surface area contributed by atoms with E-state index in [0.717, 1.165) is 77.8 Å². The topological polar surface area (TPSA) is 71.1 Å². The van der Waals surface area contributed by atoms with Gasteiger partial charge in [0.1, 0.15) is 11.2 Å². The third-order valence-electron chi connectivity index (χ3n) is 9.47. The summed E-state index contributed by atoms with van der Waals surface area (Å²) >= 11 is 0. The molecule has 2 saturated heterocycles. The van der Waals surface area contributed by atoms with Gasteiger partial charge in [-0.25, -0.2) is 0 Å². The summed E-state index contributed by atoms with van der Waals surface area (Å²) in [5.41, 5.74) is -0.524. The van der Waals surface area contributed by atoms with Gasteiger partial charge >= 0.3 is 11.9 Å². The highest BCUT2D eigenvalue weighted by molar-refractivity contribution is 5.71. The molecule has 0 N–H and O–H groups in total. The van der Waals surface area contributed by atoms with Crippen LogP contribution in [0.1, 0.15) is 90.9 Å². The van der Waals surface area contributed by atoms with Crippen molar-refractivity contribution in [2.75, 3.05) is 26.4 Å². The van der Waals surface area contributed by atoms with E-state index in [1.165, 1.54) is 6.42 Å². The smallest absolute Gasteiger partial charge is 0.306 e. The molecule has 0 spiro atoms. The van der Waals surface area contributed by atoms with Gasteiger partial charge < -0.3 is 18.9 Å². The van der Waals surface area contributed by atoms with Crippen LogP contribution in [-0.4, -0.2) is 49.6 Å². The zero-order valence-corrected chi connectivity index (χ0v) is 19.9. The Hall–Kier alpha value is -1.14. The zero-order chi connectivity index (χ0) is 22.5.